The van der Waals surface area contributed by atoms with Crippen molar-refractivity contribution in [3.8, 4) is 5.75 Å². The van der Waals surface area contributed by atoms with Crippen molar-refractivity contribution >= 4 is 49.6 Å². The molecule has 0 spiro atoms. The molecule has 0 aliphatic carbocycles. The van der Waals surface area contributed by atoms with Crippen LogP contribution in [-0.4, -0.2) is 51.8 Å². The third kappa shape index (κ3) is 7.63. The Balaban J connectivity index is 1.42. The van der Waals surface area contributed by atoms with E-state index in [9.17, 15) is 18.3 Å². The summed E-state index contributed by atoms with van der Waals surface area (Å²) in [7, 11) is -3.84. The minimum Gasteiger partial charge on any atom is -0.507 e. The van der Waals surface area contributed by atoms with E-state index in [2.05, 4.69) is 35.1 Å². The molecule has 40 heavy (non-hydrogen) atoms. The van der Waals surface area contributed by atoms with Crippen LogP contribution in [0.15, 0.2) is 82.0 Å². The van der Waals surface area contributed by atoms with Gasteiger partial charge in [-0.05, 0) is 61.5 Å². The van der Waals surface area contributed by atoms with E-state index in [0.717, 1.165) is 4.88 Å². The molecule has 0 aliphatic rings. The zero-order valence-corrected chi connectivity index (χ0v) is 22.4. The summed E-state index contributed by atoms with van der Waals surface area (Å²) in [6, 6.07) is 14.6. The molecular formula is C24H23N7O7S2. The third-order valence-electron chi connectivity index (χ3n) is 5.21. The van der Waals surface area contributed by atoms with Crippen molar-refractivity contribution in [2.24, 2.45) is 10.2 Å². The summed E-state index contributed by atoms with van der Waals surface area (Å²) in [6.07, 6.45) is 1.80. The Morgan fingerprint density at radius 3 is 2.50 bits per heavy atom. The molecule has 2 aromatic carbocycles. The number of phenols is 1. The van der Waals surface area contributed by atoms with Crippen molar-refractivity contribution in [3.05, 3.63) is 83.0 Å². The molecule has 0 bridgehead atoms. The SMILES string of the molecule is Cc1nc(NC(=O)c2cc(N=Nc3ccc(S(=O)(=O)Nc4ccccn4)cc3)ccc2O)sc1CCON(O)O. The van der Waals surface area contributed by atoms with Crippen LogP contribution in [0.25, 0.3) is 0 Å². The van der Waals surface area contributed by atoms with Crippen molar-refractivity contribution < 1.29 is 33.6 Å². The summed E-state index contributed by atoms with van der Waals surface area (Å²) in [6.45, 7) is 1.71. The quantitative estimate of drug-likeness (QED) is 0.123. The lowest BCUT2D eigenvalue weighted by atomic mass is 10.1. The van der Waals surface area contributed by atoms with E-state index < -0.39 is 15.9 Å². The van der Waals surface area contributed by atoms with Crippen LogP contribution in [-0.2, 0) is 21.3 Å². The number of azo groups is 1. The number of aromatic hydroxyl groups is 1. The van der Waals surface area contributed by atoms with Crippen molar-refractivity contribution in [1.29, 1.82) is 0 Å². The number of benzene rings is 2. The van der Waals surface area contributed by atoms with E-state index in [4.69, 9.17) is 10.4 Å². The van der Waals surface area contributed by atoms with E-state index in [1.807, 2.05) is 0 Å². The number of pyridine rings is 1. The van der Waals surface area contributed by atoms with Crippen LogP contribution >= 0.6 is 11.3 Å². The molecule has 4 aromatic rings. The monoisotopic (exact) mass is 585 g/mol. The lowest BCUT2D eigenvalue weighted by Crippen LogP contribution is -2.16. The highest BCUT2D eigenvalue weighted by atomic mass is 32.2. The molecule has 2 aromatic heterocycles. The highest BCUT2D eigenvalue weighted by Gasteiger charge is 2.17. The van der Waals surface area contributed by atoms with Crippen LogP contribution < -0.4 is 10.0 Å². The average Bonchev–Trinajstić information content (AvgIpc) is 3.26. The number of carbonyl (C=O) groups excluding carboxylic acids is 1. The summed E-state index contributed by atoms with van der Waals surface area (Å²) < 4.78 is 27.5. The lowest BCUT2D eigenvalue weighted by molar-refractivity contribution is -0.492. The van der Waals surface area contributed by atoms with Gasteiger partial charge < -0.3 is 5.11 Å². The molecule has 208 valence electrons. The zero-order valence-electron chi connectivity index (χ0n) is 20.8. The third-order valence-corrected chi connectivity index (χ3v) is 7.71. The number of anilines is 2. The van der Waals surface area contributed by atoms with Gasteiger partial charge in [-0.15, -0.1) is 11.3 Å². The Hall–Kier alpha value is -4.32. The first-order valence-corrected chi connectivity index (χ1v) is 13.8. The van der Waals surface area contributed by atoms with Gasteiger partial charge in [-0.3, -0.25) is 30.1 Å². The number of nitrogens with one attached hydrogen (secondary N) is 2. The van der Waals surface area contributed by atoms with Crippen molar-refractivity contribution in [3.63, 3.8) is 0 Å². The summed E-state index contributed by atoms with van der Waals surface area (Å²) in [5, 5.41) is 38.1. The molecule has 0 unspecified atom stereocenters. The Kier molecular flexibility index (Phi) is 9.10. The average molecular weight is 586 g/mol. The second-order valence-corrected chi connectivity index (χ2v) is 10.8. The Morgan fingerprint density at radius 1 is 1.07 bits per heavy atom. The highest BCUT2D eigenvalue weighted by Crippen LogP contribution is 2.28. The summed E-state index contributed by atoms with van der Waals surface area (Å²) in [5.74, 6) is -0.715. The van der Waals surface area contributed by atoms with Crippen LogP contribution in [0.3, 0.4) is 0 Å². The number of carbonyl (C=O) groups is 1. The standard InChI is InChI=1S/C24H23N7O7S2/c1-15-21(11-13-38-31(34)35)39-24(26-15)27-23(33)19-14-17(7-10-20(19)32)29-28-16-5-8-18(9-6-16)40(36,37)30-22-4-2-3-12-25-22/h2-10,12,14,32,34-35H,11,13H2,1H3,(H,25,30)(H,26,27,33). The minimum absolute atomic E-state index is 0.0116. The molecule has 5 N–H and O–H groups in total. The fraction of sp³-hybridized carbons (Fsp3) is 0.125. The number of rotatable bonds is 11. The molecule has 0 radical (unpaired) electrons. The van der Waals surface area contributed by atoms with E-state index in [1.54, 1.807) is 19.1 Å². The maximum atomic E-state index is 12.8. The fourth-order valence-corrected chi connectivity index (χ4v) is 5.24. The number of sulfonamides is 1. The zero-order chi connectivity index (χ0) is 28.7. The normalized spacial score (nSPS) is 11.7. The molecule has 0 atom stereocenters. The molecular weight excluding hydrogens is 562 g/mol. The molecule has 16 heteroatoms. The first-order chi connectivity index (χ1) is 19.1. The first kappa shape index (κ1) is 28.7. The number of aromatic nitrogens is 2. The van der Waals surface area contributed by atoms with Gasteiger partial charge in [0.1, 0.15) is 11.6 Å². The second-order valence-electron chi connectivity index (χ2n) is 8.03. The fourth-order valence-electron chi connectivity index (χ4n) is 3.29. The van der Waals surface area contributed by atoms with Crippen LogP contribution in [0.2, 0.25) is 0 Å². The predicted octanol–water partition coefficient (Wildman–Crippen LogP) is 4.58. The van der Waals surface area contributed by atoms with Gasteiger partial charge in [-0.25, -0.2) is 18.4 Å². The van der Waals surface area contributed by atoms with Gasteiger partial charge in [0.05, 0.1) is 39.5 Å². The van der Waals surface area contributed by atoms with Gasteiger partial charge in [-0.2, -0.15) is 10.2 Å². The minimum atomic E-state index is -3.84. The van der Waals surface area contributed by atoms with Gasteiger partial charge in [-0.1, -0.05) is 6.07 Å². The van der Waals surface area contributed by atoms with Gasteiger partial charge in [0.25, 0.3) is 15.9 Å². The summed E-state index contributed by atoms with van der Waals surface area (Å²) in [5.41, 5.74) is 1.19. The number of nitrogens with zero attached hydrogens (tertiary/aromatic N) is 5. The maximum Gasteiger partial charge on any atom is 0.263 e. The van der Waals surface area contributed by atoms with Crippen LogP contribution in [0, 0.1) is 6.92 Å². The van der Waals surface area contributed by atoms with Gasteiger partial charge in [0.2, 0.25) is 0 Å². The molecule has 4 rings (SSSR count). The number of hydrogen-bond acceptors (Lipinski definition) is 13. The molecule has 1 amide bonds. The Labute approximate surface area is 232 Å². The van der Waals surface area contributed by atoms with Crippen LogP contribution in [0.5, 0.6) is 5.75 Å². The molecule has 0 fully saturated rings. The first-order valence-electron chi connectivity index (χ1n) is 11.5. The van der Waals surface area contributed by atoms with E-state index in [1.165, 1.54) is 66.1 Å². The Bertz CT molecular complexity index is 1610. The molecule has 0 saturated heterocycles. The second kappa shape index (κ2) is 12.7. The largest absolute Gasteiger partial charge is 0.507 e. The number of aryl methyl sites for hydroxylation is 1. The van der Waals surface area contributed by atoms with E-state index in [0.29, 0.717) is 17.8 Å². The van der Waals surface area contributed by atoms with Crippen molar-refractivity contribution in [2.45, 2.75) is 18.2 Å². The molecule has 14 nitrogen and oxygen atoms in total. The number of amides is 1. The molecule has 0 saturated carbocycles. The van der Waals surface area contributed by atoms with Crippen LogP contribution in [0.4, 0.5) is 22.3 Å². The van der Waals surface area contributed by atoms with Crippen LogP contribution in [0.1, 0.15) is 20.9 Å². The van der Waals surface area contributed by atoms with Gasteiger partial charge in [0.15, 0.2) is 5.13 Å². The van der Waals surface area contributed by atoms with Gasteiger partial charge >= 0.3 is 0 Å². The smallest absolute Gasteiger partial charge is 0.263 e. The van der Waals surface area contributed by atoms with Gasteiger partial charge in [0, 0.05) is 17.5 Å². The van der Waals surface area contributed by atoms with E-state index >= 15 is 0 Å². The van der Waals surface area contributed by atoms with Crippen molar-refractivity contribution in [2.75, 3.05) is 16.6 Å². The number of hydrogen-bond donors (Lipinski definition) is 5. The summed E-state index contributed by atoms with van der Waals surface area (Å²) in [4.78, 5) is 26.3. The Morgan fingerprint density at radius 2 is 1.80 bits per heavy atom. The molecule has 0 aliphatic heterocycles. The topological polar surface area (TPSA) is 199 Å². The van der Waals surface area contributed by atoms with Crippen molar-refractivity contribution in [1.82, 2.24) is 15.4 Å². The maximum absolute atomic E-state index is 12.8. The summed E-state index contributed by atoms with van der Waals surface area (Å²) >= 11 is 1.18. The predicted molar refractivity (Wildman–Crippen MR) is 144 cm³/mol. The lowest BCUT2D eigenvalue weighted by Gasteiger charge is -2.07. The number of thiazole rings is 1. The molecule has 2 heterocycles. The highest BCUT2D eigenvalue weighted by molar-refractivity contribution is 7.92. The van der Waals surface area contributed by atoms with E-state index in [-0.39, 0.29) is 44.8 Å². The number of phenolic OH excluding ortho intramolecular Hbond substituents is 1.